The number of anilines is 1. The molecule has 0 spiro atoms. The first kappa shape index (κ1) is 17.4. The van der Waals surface area contributed by atoms with E-state index in [9.17, 15) is 9.18 Å². The molecule has 0 fully saturated rings. The van der Waals surface area contributed by atoms with Gasteiger partial charge in [0.05, 0.1) is 7.11 Å². The van der Waals surface area contributed by atoms with Crippen LogP contribution < -0.4 is 14.8 Å². The van der Waals surface area contributed by atoms with E-state index in [1.807, 2.05) is 0 Å². The number of aromatic nitrogens is 2. The van der Waals surface area contributed by atoms with Crippen molar-refractivity contribution in [1.29, 1.82) is 0 Å². The second-order valence-electron chi connectivity index (χ2n) is 5.39. The molecule has 0 bridgehead atoms. The average molecular weight is 357 g/mol. The first-order valence-corrected chi connectivity index (χ1v) is 7.77. The summed E-state index contributed by atoms with van der Waals surface area (Å²) in [5, 5.41) is 10.2. The van der Waals surface area contributed by atoms with Crippen LogP contribution in [0, 0.1) is 5.82 Å². The number of nitrogens with one attached hydrogen (secondary N) is 1. The van der Waals surface area contributed by atoms with Gasteiger partial charge in [-0.3, -0.25) is 4.79 Å². The van der Waals surface area contributed by atoms with Crippen molar-refractivity contribution in [1.82, 2.24) is 10.3 Å². The molecule has 1 aromatic heterocycles. The van der Waals surface area contributed by atoms with Crippen molar-refractivity contribution in [2.24, 2.45) is 0 Å². The van der Waals surface area contributed by atoms with Crippen molar-refractivity contribution >= 4 is 11.7 Å². The highest BCUT2D eigenvalue weighted by atomic mass is 19.1. The molecule has 0 unspecified atom stereocenters. The van der Waals surface area contributed by atoms with Crippen LogP contribution in [0.2, 0.25) is 0 Å². The highest BCUT2D eigenvalue weighted by molar-refractivity contribution is 5.95. The summed E-state index contributed by atoms with van der Waals surface area (Å²) in [6.07, 6.45) is -0.833. The third kappa shape index (κ3) is 3.97. The van der Waals surface area contributed by atoms with E-state index < -0.39 is 12.0 Å². The SMILES string of the molecule is COc1ccc(-c2nonc2NC(=O)[C@@H](C)Oc2ccc(F)cc2)cc1. The molecule has 1 amide bonds. The molecule has 1 atom stereocenters. The van der Waals surface area contributed by atoms with Crippen LogP contribution in [0.25, 0.3) is 11.3 Å². The number of halogens is 1. The summed E-state index contributed by atoms with van der Waals surface area (Å²) in [4.78, 5) is 12.3. The Balaban J connectivity index is 1.69. The summed E-state index contributed by atoms with van der Waals surface area (Å²) >= 11 is 0. The van der Waals surface area contributed by atoms with E-state index in [0.29, 0.717) is 22.8 Å². The van der Waals surface area contributed by atoms with Gasteiger partial charge in [-0.25, -0.2) is 9.02 Å². The molecule has 3 aromatic rings. The number of carbonyl (C=O) groups is 1. The Kier molecular flexibility index (Phi) is 5.12. The number of amides is 1. The Morgan fingerprint density at radius 3 is 2.38 bits per heavy atom. The molecule has 0 aliphatic carbocycles. The van der Waals surface area contributed by atoms with Crippen LogP contribution in [0.15, 0.2) is 53.2 Å². The predicted octanol–water partition coefficient (Wildman–Crippen LogP) is 3.29. The monoisotopic (exact) mass is 357 g/mol. The fourth-order valence-corrected chi connectivity index (χ4v) is 2.20. The highest BCUT2D eigenvalue weighted by Crippen LogP contribution is 2.26. The highest BCUT2D eigenvalue weighted by Gasteiger charge is 2.20. The second kappa shape index (κ2) is 7.64. The Morgan fingerprint density at radius 2 is 1.73 bits per heavy atom. The largest absolute Gasteiger partial charge is 0.497 e. The predicted molar refractivity (Wildman–Crippen MR) is 91.4 cm³/mol. The third-order valence-corrected chi connectivity index (χ3v) is 3.59. The number of rotatable bonds is 6. The Labute approximate surface area is 148 Å². The number of carbonyl (C=O) groups excluding carboxylic acids is 1. The zero-order valence-corrected chi connectivity index (χ0v) is 14.1. The fraction of sp³-hybridized carbons (Fsp3) is 0.167. The molecule has 0 saturated heterocycles. The van der Waals surface area contributed by atoms with Gasteiger partial charge in [-0.15, -0.1) is 0 Å². The van der Waals surface area contributed by atoms with Crippen molar-refractivity contribution in [3.05, 3.63) is 54.3 Å². The van der Waals surface area contributed by atoms with Crippen LogP contribution in [0.5, 0.6) is 11.5 Å². The molecule has 1 N–H and O–H groups in total. The van der Waals surface area contributed by atoms with E-state index in [1.165, 1.54) is 24.3 Å². The number of hydrogen-bond donors (Lipinski definition) is 1. The topological polar surface area (TPSA) is 86.5 Å². The number of benzene rings is 2. The molecule has 0 saturated carbocycles. The minimum atomic E-state index is -0.833. The summed E-state index contributed by atoms with van der Waals surface area (Å²) in [5.74, 6) is 0.418. The van der Waals surface area contributed by atoms with Crippen LogP contribution in [-0.2, 0) is 4.79 Å². The van der Waals surface area contributed by atoms with Gasteiger partial charge < -0.3 is 14.8 Å². The maximum Gasteiger partial charge on any atom is 0.266 e. The normalized spacial score (nSPS) is 11.7. The minimum Gasteiger partial charge on any atom is -0.497 e. The van der Waals surface area contributed by atoms with E-state index in [0.717, 1.165) is 0 Å². The Hall–Kier alpha value is -3.42. The lowest BCUT2D eigenvalue weighted by molar-refractivity contribution is -0.122. The van der Waals surface area contributed by atoms with Gasteiger partial charge in [-0.2, -0.15) is 0 Å². The standard InChI is InChI=1S/C18H16FN3O4/c1-11(25-15-9-5-13(19)6-10-15)18(23)20-17-16(21-26-22-17)12-3-7-14(24-2)8-4-12/h3-11H,1-2H3,(H,20,22,23)/t11-/m1/s1. The van der Waals surface area contributed by atoms with E-state index in [4.69, 9.17) is 14.1 Å². The van der Waals surface area contributed by atoms with Gasteiger partial charge in [-0.05, 0) is 65.8 Å². The summed E-state index contributed by atoms with van der Waals surface area (Å²) < 4.78 is 28.2. The minimum absolute atomic E-state index is 0.176. The first-order valence-electron chi connectivity index (χ1n) is 7.77. The lowest BCUT2D eigenvalue weighted by Crippen LogP contribution is -2.30. The van der Waals surface area contributed by atoms with E-state index in [2.05, 4.69) is 15.6 Å². The van der Waals surface area contributed by atoms with Crippen LogP contribution in [0.4, 0.5) is 10.2 Å². The van der Waals surface area contributed by atoms with Gasteiger partial charge in [0, 0.05) is 5.56 Å². The van der Waals surface area contributed by atoms with E-state index >= 15 is 0 Å². The second-order valence-corrected chi connectivity index (χ2v) is 5.39. The van der Waals surface area contributed by atoms with Gasteiger partial charge in [0.2, 0.25) is 5.82 Å². The zero-order chi connectivity index (χ0) is 18.5. The smallest absolute Gasteiger partial charge is 0.266 e. The third-order valence-electron chi connectivity index (χ3n) is 3.59. The number of ether oxygens (including phenoxy) is 2. The van der Waals surface area contributed by atoms with Crippen molar-refractivity contribution in [3.63, 3.8) is 0 Å². The van der Waals surface area contributed by atoms with Gasteiger partial charge in [0.1, 0.15) is 17.3 Å². The molecule has 7 nitrogen and oxygen atoms in total. The molecule has 0 aliphatic rings. The Bertz CT molecular complexity index is 878. The van der Waals surface area contributed by atoms with Crippen LogP contribution >= 0.6 is 0 Å². The van der Waals surface area contributed by atoms with Crippen molar-refractivity contribution in [2.75, 3.05) is 12.4 Å². The molecule has 0 radical (unpaired) electrons. The lowest BCUT2D eigenvalue weighted by atomic mass is 10.1. The quantitative estimate of drug-likeness (QED) is 0.728. The maximum atomic E-state index is 12.9. The van der Waals surface area contributed by atoms with Gasteiger partial charge in [-0.1, -0.05) is 0 Å². The molecule has 3 rings (SSSR count). The van der Waals surface area contributed by atoms with Crippen LogP contribution in [0.1, 0.15) is 6.92 Å². The molecule has 26 heavy (non-hydrogen) atoms. The number of hydrogen-bond acceptors (Lipinski definition) is 6. The molecular weight excluding hydrogens is 341 g/mol. The van der Waals surface area contributed by atoms with Crippen molar-refractivity contribution in [3.8, 4) is 22.8 Å². The molecule has 134 valence electrons. The fourth-order valence-electron chi connectivity index (χ4n) is 2.20. The lowest BCUT2D eigenvalue weighted by Gasteiger charge is -2.13. The van der Waals surface area contributed by atoms with Crippen molar-refractivity contribution in [2.45, 2.75) is 13.0 Å². The average Bonchev–Trinajstić information content (AvgIpc) is 3.11. The van der Waals surface area contributed by atoms with E-state index in [-0.39, 0.29) is 11.6 Å². The summed E-state index contributed by atoms with van der Waals surface area (Å²) in [6, 6.07) is 12.5. The first-order chi connectivity index (χ1) is 12.6. The van der Waals surface area contributed by atoms with Gasteiger partial charge in [0.15, 0.2) is 11.8 Å². The summed E-state index contributed by atoms with van der Waals surface area (Å²) in [7, 11) is 1.57. The maximum absolute atomic E-state index is 12.9. The van der Waals surface area contributed by atoms with Gasteiger partial charge in [0.25, 0.3) is 5.91 Å². The molecule has 8 heteroatoms. The van der Waals surface area contributed by atoms with Crippen molar-refractivity contribution < 1.29 is 23.3 Å². The van der Waals surface area contributed by atoms with Crippen LogP contribution in [-0.4, -0.2) is 29.4 Å². The Morgan fingerprint density at radius 1 is 1.08 bits per heavy atom. The molecular formula is C18H16FN3O4. The number of methoxy groups -OCH3 is 1. The zero-order valence-electron chi connectivity index (χ0n) is 14.1. The van der Waals surface area contributed by atoms with E-state index in [1.54, 1.807) is 38.3 Å². The van der Waals surface area contributed by atoms with Crippen LogP contribution in [0.3, 0.4) is 0 Å². The molecule has 2 aromatic carbocycles. The molecule has 0 aliphatic heterocycles. The number of nitrogens with zero attached hydrogens (tertiary/aromatic N) is 2. The summed E-state index contributed by atoms with van der Waals surface area (Å²) in [5.41, 5.74) is 1.09. The van der Waals surface area contributed by atoms with Gasteiger partial charge >= 0.3 is 0 Å². The molecule has 1 heterocycles. The summed E-state index contributed by atoms with van der Waals surface area (Å²) in [6.45, 7) is 1.57.